The number of benzene rings is 1. The Morgan fingerprint density at radius 1 is 1.25 bits per heavy atom. The number of rotatable bonds is 6. The summed E-state index contributed by atoms with van der Waals surface area (Å²) in [5, 5.41) is 3.56. The van der Waals surface area contributed by atoms with Crippen molar-refractivity contribution < 1.29 is 9.15 Å². The van der Waals surface area contributed by atoms with Gasteiger partial charge >= 0.3 is 0 Å². The van der Waals surface area contributed by atoms with Crippen LogP contribution in [0, 0.1) is 13.8 Å². The average molecular weight is 273 g/mol. The van der Waals surface area contributed by atoms with Gasteiger partial charge in [-0.15, -0.1) is 0 Å². The van der Waals surface area contributed by atoms with Crippen molar-refractivity contribution in [3.63, 3.8) is 0 Å². The normalized spacial score (nSPS) is 12.4. The summed E-state index contributed by atoms with van der Waals surface area (Å²) in [4.78, 5) is 0. The maximum atomic E-state index is 5.60. The summed E-state index contributed by atoms with van der Waals surface area (Å²) in [6, 6.07) is 8.32. The van der Waals surface area contributed by atoms with Crippen LogP contribution in [0.15, 0.2) is 34.9 Å². The summed E-state index contributed by atoms with van der Waals surface area (Å²) >= 11 is 0. The van der Waals surface area contributed by atoms with Crippen molar-refractivity contribution in [3.05, 3.63) is 53.0 Å². The third-order valence-electron chi connectivity index (χ3n) is 3.52. The Kier molecular flexibility index (Phi) is 4.85. The van der Waals surface area contributed by atoms with Gasteiger partial charge in [-0.2, -0.15) is 0 Å². The highest BCUT2D eigenvalue weighted by Crippen LogP contribution is 2.30. The lowest BCUT2D eigenvalue weighted by Crippen LogP contribution is -2.23. The molecular weight excluding hydrogens is 250 g/mol. The van der Waals surface area contributed by atoms with Crippen LogP contribution in [0.4, 0.5) is 0 Å². The Bertz CT molecular complexity index is 546. The molecule has 108 valence electrons. The molecule has 0 aliphatic carbocycles. The van der Waals surface area contributed by atoms with Crippen molar-refractivity contribution in [2.75, 3.05) is 13.7 Å². The van der Waals surface area contributed by atoms with Gasteiger partial charge < -0.3 is 14.5 Å². The lowest BCUT2D eigenvalue weighted by Gasteiger charge is -2.20. The molecule has 0 bridgehead atoms. The van der Waals surface area contributed by atoms with Crippen LogP contribution in [-0.2, 0) is 0 Å². The second kappa shape index (κ2) is 6.62. The van der Waals surface area contributed by atoms with Crippen LogP contribution in [0.3, 0.4) is 0 Å². The molecule has 0 spiro atoms. The smallest absolute Gasteiger partial charge is 0.125 e. The van der Waals surface area contributed by atoms with Gasteiger partial charge in [0.1, 0.15) is 11.5 Å². The zero-order valence-electron chi connectivity index (χ0n) is 12.7. The van der Waals surface area contributed by atoms with Crippen molar-refractivity contribution in [1.29, 1.82) is 0 Å². The number of aryl methyl sites for hydroxylation is 2. The molecule has 0 amide bonds. The summed E-state index contributed by atoms with van der Waals surface area (Å²) in [6.07, 6.45) is 2.81. The lowest BCUT2D eigenvalue weighted by molar-refractivity contribution is 0.410. The molecule has 0 radical (unpaired) electrons. The molecule has 2 rings (SSSR count). The summed E-state index contributed by atoms with van der Waals surface area (Å²) in [6.45, 7) is 7.30. The van der Waals surface area contributed by atoms with Crippen LogP contribution in [0.1, 0.15) is 41.8 Å². The highest BCUT2D eigenvalue weighted by Gasteiger charge is 2.19. The fraction of sp³-hybridized carbons (Fsp3) is 0.412. The van der Waals surface area contributed by atoms with E-state index in [4.69, 9.17) is 9.15 Å². The number of hydrogen-bond acceptors (Lipinski definition) is 3. The first-order valence-electron chi connectivity index (χ1n) is 7.09. The van der Waals surface area contributed by atoms with Gasteiger partial charge in [-0.3, -0.25) is 0 Å². The fourth-order valence-electron chi connectivity index (χ4n) is 2.45. The number of hydrogen-bond donors (Lipinski definition) is 1. The van der Waals surface area contributed by atoms with Crippen molar-refractivity contribution in [2.24, 2.45) is 0 Å². The van der Waals surface area contributed by atoms with Crippen LogP contribution in [0.5, 0.6) is 5.75 Å². The van der Waals surface area contributed by atoms with Crippen molar-refractivity contribution in [2.45, 2.75) is 33.2 Å². The quantitative estimate of drug-likeness (QED) is 0.864. The summed E-state index contributed by atoms with van der Waals surface area (Å²) in [7, 11) is 1.71. The van der Waals surface area contributed by atoms with E-state index < -0.39 is 0 Å². The molecule has 0 saturated carbocycles. The maximum Gasteiger partial charge on any atom is 0.125 e. The highest BCUT2D eigenvalue weighted by atomic mass is 16.5. The van der Waals surface area contributed by atoms with Gasteiger partial charge in [0, 0.05) is 0 Å². The van der Waals surface area contributed by atoms with Crippen LogP contribution in [0.2, 0.25) is 0 Å². The molecule has 3 nitrogen and oxygen atoms in total. The standard InChI is InChI=1S/C17H23NO2/c1-5-8-18-17(15-7-6-9-20-15)14-10-13(3)16(19-4)11-12(14)2/h6-7,9-11,17-18H,5,8H2,1-4H3. The number of methoxy groups -OCH3 is 1. The predicted molar refractivity (Wildman–Crippen MR) is 81.3 cm³/mol. The van der Waals surface area contributed by atoms with Crippen LogP contribution in [-0.4, -0.2) is 13.7 Å². The Balaban J connectivity index is 2.40. The molecule has 1 aromatic heterocycles. The van der Waals surface area contributed by atoms with Gasteiger partial charge in [0.15, 0.2) is 0 Å². The molecular formula is C17H23NO2. The zero-order chi connectivity index (χ0) is 14.5. The van der Waals surface area contributed by atoms with E-state index in [-0.39, 0.29) is 6.04 Å². The van der Waals surface area contributed by atoms with E-state index in [1.807, 2.05) is 12.1 Å². The first-order valence-corrected chi connectivity index (χ1v) is 7.09. The van der Waals surface area contributed by atoms with Crippen molar-refractivity contribution >= 4 is 0 Å². The lowest BCUT2D eigenvalue weighted by atomic mass is 9.96. The molecule has 1 N–H and O–H groups in total. The summed E-state index contributed by atoms with van der Waals surface area (Å²) in [5.74, 6) is 1.88. The van der Waals surface area contributed by atoms with Gasteiger partial charge in [0.25, 0.3) is 0 Å². The fourth-order valence-corrected chi connectivity index (χ4v) is 2.45. The van der Waals surface area contributed by atoms with E-state index in [2.05, 4.69) is 38.2 Å². The van der Waals surface area contributed by atoms with E-state index >= 15 is 0 Å². The van der Waals surface area contributed by atoms with Gasteiger partial charge in [-0.1, -0.05) is 13.0 Å². The van der Waals surface area contributed by atoms with Gasteiger partial charge in [0.05, 0.1) is 19.4 Å². The minimum absolute atomic E-state index is 0.0922. The molecule has 1 unspecified atom stereocenters. The summed E-state index contributed by atoms with van der Waals surface area (Å²) in [5.41, 5.74) is 3.59. The molecule has 0 fully saturated rings. The third kappa shape index (κ3) is 3.05. The molecule has 1 aromatic carbocycles. The Morgan fingerprint density at radius 3 is 2.65 bits per heavy atom. The SMILES string of the molecule is CCCNC(c1ccco1)c1cc(C)c(OC)cc1C. The number of furan rings is 1. The second-order valence-electron chi connectivity index (χ2n) is 5.08. The maximum absolute atomic E-state index is 5.60. The molecule has 0 saturated heterocycles. The average Bonchev–Trinajstić information content (AvgIpc) is 2.96. The third-order valence-corrected chi connectivity index (χ3v) is 3.52. The molecule has 2 aromatic rings. The Labute approximate surface area is 121 Å². The monoisotopic (exact) mass is 273 g/mol. The Morgan fingerprint density at radius 2 is 2.05 bits per heavy atom. The van der Waals surface area contributed by atoms with Crippen molar-refractivity contribution in [1.82, 2.24) is 5.32 Å². The van der Waals surface area contributed by atoms with E-state index in [0.29, 0.717) is 0 Å². The van der Waals surface area contributed by atoms with E-state index in [1.54, 1.807) is 13.4 Å². The second-order valence-corrected chi connectivity index (χ2v) is 5.08. The minimum atomic E-state index is 0.0922. The van der Waals surface area contributed by atoms with Crippen LogP contribution in [0.25, 0.3) is 0 Å². The van der Waals surface area contributed by atoms with E-state index in [0.717, 1.165) is 30.0 Å². The van der Waals surface area contributed by atoms with E-state index in [1.165, 1.54) is 11.1 Å². The number of ether oxygens (including phenoxy) is 1. The minimum Gasteiger partial charge on any atom is -0.496 e. The zero-order valence-corrected chi connectivity index (χ0v) is 12.7. The predicted octanol–water partition coefficient (Wildman–Crippen LogP) is 3.99. The molecule has 20 heavy (non-hydrogen) atoms. The molecule has 0 aliphatic rings. The number of nitrogens with one attached hydrogen (secondary N) is 1. The van der Waals surface area contributed by atoms with Crippen LogP contribution >= 0.6 is 0 Å². The van der Waals surface area contributed by atoms with Crippen LogP contribution < -0.4 is 10.1 Å². The largest absolute Gasteiger partial charge is 0.496 e. The topological polar surface area (TPSA) is 34.4 Å². The molecule has 3 heteroatoms. The highest BCUT2D eigenvalue weighted by molar-refractivity contribution is 5.44. The molecule has 1 atom stereocenters. The first-order chi connectivity index (χ1) is 9.67. The van der Waals surface area contributed by atoms with Crippen molar-refractivity contribution in [3.8, 4) is 5.75 Å². The Hall–Kier alpha value is -1.74. The first kappa shape index (κ1) is 14.7. The van der Waals surface area contributed by atoms with Gasteiger partial charge in [-0.05, 0) is 61.7 Å². The summed E-state index contributed by atoms with van der Waals surface area (Å²) < 4.78 is 11.0. The van der Waals surface area contributed by atoms with E-state index in [9.17, 15) is 0 Å². The molecule has 1 heterocycles. The van der Waals surface area contributed by atoms with Gasteiger partial charge in [0.2, 0.25) is 0 Å². The van der Waals surface area contributed by atoms with Gasteiger partial charge in [-0.25, -0.2) is 0 Å². The molecule has 0 aliphatic heterocycles.